The lowest BCUT2D eigenvalue weighted by molar-refractivity contribution is 1.10. The zero-order valence-corrected chi connectivity index (χ0v) is 8.32. The van der Waals surface area contributed by atoms with E-state index in [0.29, 0.717) is 0 Å². The van der Waals surface area contributed by atoms with E-state index in [1.807, 2.05) is 26.2 Å². The molecule has 0 heterocycles. The Morgan fingerprint density at radius 3 is 2.36 bits per heavy atom. The molecule has 0 aliphatic rings. The molecular weight excluding hydrogens is 174 g/mol. The molecule has 0 N–H and O–H groups in total. The van der Waals surface area contributed by atoms with Gasteiger partial charge in [0.25, 0.3) is 0 Å². The molecule has 0 aliphatic heterocycles. The highest BCUT2D eigenvalue weighted by Crippen LogP contribution is 2.30. The van der Waals surface area contributed by atoms with Crippen molar-refractivity contribution < 1.29 is 0 Å². The van der Waals surface area contributed by atoms with E-state index in [9.17, 15) is 0 Å². The second-order valence-electron chi connectivity index (χ2n) is 2.45. The number of para-hydroxylation sites is 1. The summed E-state index contributed by atoms with van der Waals surface area (Å²) in [6, 6.07) is 8.19. The Morgan fingerprint density at radius 1 is 1.27 bits per heavy atom. The van der Waals surface area contributed by atoms with Gasteiger partial charge in [0.05, 0.1) is 5.69 Å². The molecule has 3 heteroatoms. The second-order valence-corrected chi connectivity index (χ2v) is 3.62. The maximum atomic E-state index is 4.16. The van der Waals surface area contributed by atoms with Crippen molar-refractivity contribution in [3.8, 4) is 0 Å². The SMILES string of the molecule is CN(C)c1ccccc1SS. The summed E-state index contributed by atoms with van der Waals surface area (Å²) in [5.41, 5.74) is 1.22. The average Bonchev–Trinajstić information content (AvgIpc) is 2.04. The molecule has 0 aliphatic carbocycles. The molecule has 0 unspecified atom stereocenters. The number of thiol groups is 1. The van der Waals surface area contributed by atoms with E-state index in [4.69, 9.17) is 0 Å². The lowest BCUT2D eigenvalue weighted by Gasteiger charge is -2.14. The Balaban J connectivity index is 3.02. The first-order chi connectivity index (χ1) is 5.25. The third-order valence-electron chi connectivity index (χ3n) is 1.45. The number of benzene rings is 1. The predicted molar refractivity (Wildman–Crippen MR) is 55.6 cm³/mol. The van der Waals surface area contributed by atoms with Gasteiger partial charge in [-0.15, -0.1) is 11.7 Å². The minimum absolute atomic E-state index is 1.20. The minimum atomic E-state index is 1.20. The summed E-state index contributed by atoms with van der Waals surface area (Å²) < 4.78 is 0. The number of nitrogens with zero attached hydrogens (tertiary/aromatic N) is 1. The van der Waals surface area contributed by atoms with E-state index in [-0.39, 0.29) is 0 Å². The van der Waals surface area contributed by atoms with E-state index in [0.717, 1.165) is 0 Å². The quantitative estimate of drug-likeness (QED) is 0.557. The summed E-state index contributed by atoms with van der Waals surface area (Å²) in [6.07, 6.45) is 0. The van der Waals surface area contributed by atoms with E-state index in [1.165, 1.54) is 21.4 Å². The van der Waals surface area contributed by atoms with Crippen LogP contribution in [0.5, 0.6) is 0 Å². The van der Waals surface area contributed by atoms with Crippen LogP contribution in [0, 0.1) is 0 Å². The van der Waals surface area contributed by atoms with Crippen LogP contribution in [0.4, 0.5) is 5.69 Å². The lowest BCUT2D eigenvalue weighted by Crippen LogP contribution is -2.09. The van der Waals surface area contributed by atoms with Crippen molar-refractivity contribution in [1.82, 2.24) is 0 Å². The average molecular weight is 185 g/mol. The molecule has 1 nitrogen and oxygen atoms in total. The Morgan fingerprint density at radius 2 is 1.91 bits per heavy atom. The standard InChI is InChI=1S/C8H11NS2/c1-9(2)7-5-3-4-6-8(7)11-10/h3-6,10H,1-2H3. The number of anilines is 1. The highest BCUT2D eigenvalue weighted by Gasteiger charge is 2.00. The van der Waals surface area contributed by atoms with Crippen LogP contribution in [0.15, 0.2) is 29.2 Å². The fourth-order valence-electron chi connectivity index (χ4n) is 0.904. The van der Waals surface area contributed by atoms with Gasteiger partial charge in [-0.1, -0.05) is 22.9 Å². The van der Waals surface area contributed by atoms with Gasteiger partial charge in [0.2, 0.25) is 0 Å². The lowest BCUT2D eigenvalue weighted by atomic mass is 10.3. The van der Waals surface area contributed by atoms with Gasteiger partial charge in [0, 0.05) is 19.0 Å². The van der Waals surface area contributed by atoms with Crippen LogP contribution >= 0.6 is 22.5 Å². The zero-order chi connectivity index (χ0) is 8.27. The molecule has 0 spiro atoms. The third-order valence-corrected chi connectivity index (χ3v) is 2.58. The zero-order valence-electron chi connectivity index (χ0n) is 6.61. The largest absolute Gasteiger partial charge is 0.377 e. The normalized spacial score (nSPS) is 9.73. The molecule has 0 saturated heterocycles. The molecule has 0 fully saturated rings. The fourth-order valence-corrected chi connectivity index (χ4v) is 1.85. The van der Waals surface area contributed by atoms with Crippen molar-refractivity contribution in [3.05, 3.63) is 24.3 Å². The Labute approximate surface area is 76.6 Å². The van der Waals surface area contributed by atoms with E-state index < -0.39 is 0 Å². The number of hydrogen-bond acceptors (Lipinski definition) is 3. The smallest absolute Gasteiger partial charge is 0.0507 e. The Bertz CT molecular complexity index is 235. The molecule has 60 valence electrons. The first-order valence-electron chi connectivity index (χ1n) is 3.33. The van der Waals surface area contributed by atoms with Crippen molar-refractivity contribution in [2.75, 3.05) is 19.0 Å². The van der Waals surface area contributed by atoms with Crippen LogP contribution in [0.25, 0.3) is 0 Å². The van der Waals surface area contributed by atoms with Crippen molar-refractivity contribution in [1.29, 1.82) is 0 Å². The Kier molecular flexibility index (Phi) is 3.15. The highest BCUT2D eigenvalue weighted by molar-refractivity contribution is 8.68. The first kappa shape index (κ1) is 8.81. The maximum absolute atomic E-state index is 4.16. The van der Waals surface area contributed by atoms with Crippen molar-refractivity contribution >= 4 is 28.1 Å². The molecule has 1 rings (SSSR count). The molecular formula is C8H11NS2. The van der Waals surface area contributed by atoms with Crippen molar-refractivity contribution in [2.24, 2.45) is 0 Å². The molecule has 1 aromatic rings. The van der Waals surface area contributed by atoms with Gasteiger partial charge < -0.3 is 4.90 Å². The van der Waals surface area contributed by atoms with E-state index in [2.05, 4.69) is 28.7 Å². The molecule has 11 heavy (non-hydrogen) atoms. The van der Waals surface area contributed by atoms with Crippen molar-refractivity contribution in [3.63, 3.8) is 0 Å². The monoisotopic (exact) mass is 185 g/mol. The molecule has 0 amide bonds. The van der Waals surface area contributed by atoms with Gasteiger partial charge >= 0.3 is 0 Å². The van der Waals surface area contributed by atoms with Gasteiger partial charge in [-0.3, -0.25) is 0 Å². The van der Waals surface area contributed by atoms with Crippen LogP contribution < -0.4 is 4.90 Å². The van der Waals surface area contributed by atoms with Gasteiger partial charge in [0.1, 0.15) is 0 Å². The van der Waals surface area contributed by atoms with Gasteiger partial charge in [-0.25, -0.2) is 0 Å². The van der Waals surface area contributed by atoms with Crippen LogP contribution in [-0.2, 0) is 0 Å². The topological polar surface area (TPSA) is 3.24 Å². The highest BCUT2D eigenvalue weighted by atomic mass is 33.1. The molecule has 1 aromatic carbocycles. The van der Waals surface area contributed by atoms with Crippen LogP contribution in [0.2, 0.25) is 0 Å². The maximum Gasteiger partial charge on any atom is 0.0507 e. The summed E-state index contributed by atoms with van der Waals surface area (Å²) in [5.74, 6) is 0. The molecule has 0 aromatic heterocycles. The van der Waals surface area contributed by atoms with Crippen molar-refractivity contribution in [2.45, 2.75) is 4.90 Å². The summed E-state index contributed by atoms with van der Waals surface area (Å²) >= 11 is 4.16. The van der Waals surface area contributed by atoms with E-state index in [1.54, 1.807) is 0 Å². The molecule has 0 bridgehead atoms. The summed E-state index contributed by atoms with van der Waals surface area (Å²) in [4.78, 5) is 3.28. The number of hydrogen-bond donors (Lipinski definition) is 1. The van der Waals surface area contributed by atoms with Crippen LogP contribution in [-0.4, -0.2) is 14.1 Å². The third kappa shape index (κ3) is 2.07. The van der Waals surface area contributed by atoms with Gasteiger partial charge in [-0.2, -0.15) is 0 Å². The fraction of sp³-hybridized carbons (Fsp3) is 0.250. The van der Waals surface area contributed by atoms with Gasteiger partial charge in [-0.05, 0) is 12.1 Å². The molecule has 0 atom stereocenters. The van der Waals surface area contributed by atoms with Crippen LogP contribution in [0.3, 0.4) is 0 Å². The number of rotatable bonds is 2. The summed E-state index contributed by atoms with van der Waals surface area (Å²) in [5, 5.41) is 0. The Hall–Kier alpha value is -0.280. The molecule has 0 saturated carbocycles. The van der Waals surface area contributed by atoms with Gasteiger partial charge in [0.15, 0.2) is 0 Å². The molecule has 0 radical (unpaired) electrons. The summed E-state index contributed by atoms with van der Waals surface area (Å²) in [7, 11) is 5.54. The predicted octanol–water partition coefficient (Wildman–Crippen LogP) is 2.69. The second kappa shape index (κ2) is 3.93. The summed E-state index contributed by atoms with van der Waals surface area (Å²) in [6.45, 7) is 0. The van der Waals surface area contributed by atoms with Crippen LogP contribution in [0.1, 0.15) is 0 Å². The first-order valence-corrected chi connectivity index (χ1v) is 5.20. The van der Waals surface area contributed by atoms with E-state index >= 15 is 0 Å². The minimum Gasteiger partial charge on any atom is -0.377 e.